The number of sulfonamides is 1. The van der Waals surface area contributed by atoms with E-state index in [4.69, 9.17) is 9.47 Å². The largest absolute Gasteiger partial charge is 0.478 e. The van der Waals surface area contributed by atoms with Crippen molar-refractivity contribution in [1.29, 1.82) is 0 Å². The lowest BCUT2D eigenvalue weighted by Gasteiger charge is -2.31. The maximum absolute atomic E-state index is 13.8. The second-order valence-electron chi connectivity index (χ2n) is 8.25. The second kappa shape index (κ2) is 12.2. The molecule has 0 spiro atoms. The van der Waals surface area contributed by atoms with Crippen LogP contribution in [0.15, 0.2) is 47.4 Å². The molecule has 2 aromatic rings. The molecule has 0 atom stereocenters. The minimum atomic E-state index is -4.03. The SMILES string of the molecule is CCCCN(CCCC)c1cc(C(=O)O)cc(S(=O)(=O)N2CCOCC2)c1Oc1ccccc1. The lowest BCUT2D eigenvalue weighted by molar-refractivity contribution is 0.0696. The fourth-order valence-corrected chi connectivity index (χ4v) is 5.39. The number of hydrogen-bond acceptors (Lipinski definition) is 6. The Hall–Kier alpha value is -2.62. The third-order valence-electron chi connectivity index (χ3n) is 5.74. The van der Waals surface area contributed by atoms with Crippen molar-refractivity contribution in [3.05, 3.63) is 48.0 Å². The number of carboxylic acids is 1. The van der Waals surface area contributed by atoms with E-state index in [9.17, 15) is 18.3 Å². The number of nitrogens with zero attached hydrogens (tertiary/aromatic N) is 2. The predicted octanol–water partition coefficient (Wildman–Crippen LogP) is 4.60. The van der Waals surface area contributed by atoms with E-state index in [0.717, 1.165) is 25.7 Å². The lowest BCUT2D eigenvalue weighted by Crippen LogP contribution is -2.41. The van der Waals surface area contributed by atoms with Gasteiger partial charge in [-0.3, -0.25) is 0 Å². The smallest absolute Gasteiger partial charge is 0.335 e. The summed E-state index contributed by atoms with van der Waals surface area (Å²) in [4.78, 5) is 14.0. The predicted molar refractivity (Wildman–Crippen MR) is 132 cm³/mol. The minimum absolute atomic E-state index is 0.0831. The van der Waals surface area contributed by atoms with Gasteiger partial charge >= 0.3 is 5.97 Å². The number of hydrogen-bond donors (Lipinski definition) is 1. The van der Waals surface area contributed by atoms with Gasteiger partial charge < -0.3 is 19.5 Å². The number of benzene rings is 2. The molecular weight excluding hydrogens is 456 g/mol. The highest BCUT2D eigenvalue weighted by Crippen LogP contribution is 2.41. The quantitative estimate of drug-likeness (QED) is 0.464. The minimum Gasteiger partial charge on any atom is -0.478 e. The van der Waals surface area contributed by atoms with Gasteiger partial charge in [0.25, 0.3) is 0 Å². The summed E-state index contributed by atoms with van der Waals surface area (Å²) in [5.41, 5.74) is 0.401. The zero-order valence-electron chi connectivity index (χ0n) is 19.9. The molecule has 0 saturated carbocycles. The first-order valence-electron chi connectivity index (χ1n) is 11.9. The molecule has 2 aromatic carbocycles. The number of ether oxygens (including phenoxy) is 2. The Morgan fingerprint density at radius 1 is 1.06 bits per heavy atom. The molecule has 0 unspecified atom stereocenters. The van der Waals surface area contributed by atoms with Gasteiger partial charge in [0.15, 0.2) is 5.75 Å². The van der Waals surface area contributed by atoms with Crippen LogP contribution in [0.4, 0.5) is 5.69 Å². The summed E-state index contributed by atoms with van der Waals surface area (Å²) in [6.07, 6.45) is 3.68. The Kier molecular flexibility index (Phi) is 9.32. The number of morpholine rings is 1. The van der Waals surface area contributed by atoms with Crippen LogP contribution in [0.5, 0.6) is 11.5 Å². The van der Waals surface area contributed by atoms with Crippen LogP contribution in [0.2, 0.25) is 0 Å². The van der Waals surface area contributed by atoms with Crippen molar-refractivity contribution in [2.45, 2.75) is 44.4 Å². The zero-order chi connectivity index (χ0) is 24.6. The molecule has 0 radical (unpaired) electrons. The van der Waals surface area contributed by atoms with Crippen molar-refractivity contribution in [2.75, 3.05) is 44.3 Å². The first kappa shape index (κ1) is 26.0. The van der Waals surface area contributed by atoms with Crippen molar-refractivity contribution < 1.29 is 27.8 Å². The summed E-state index contributed by atoms with van der Waals surface area (Å²) in [7, 11) is -4.03. The lowest BCUT2D eigenvalue weighted by atomic mass is 10.1. The maximum atomic E-state index is 13.8. The summed E-state index contributed by atoms with van der Waals surface area (Å²) in [6, 6.07) is 11.7. The Bertz CT molecular complexity index is 1040. The topological polar surface area (TPSA) is 96.4 Å². The maximum Gasteiger partial charge on any atom is 0.335 e. The van der Waals surface area contributed by atoms with Crippen LogP contribution in [0.25, 0.3) is 0 Å². The fourth-order valence-electron chi connectivity index (χ4n) is 3.82. The van der Waals surface area contributed by atoms with Crippen molar-refractivity contribution in [3.63, 3.8) is 0 Å². The number of rotatable bonds is 12. The van der Waals surface area contributed by atoms with E-state index in [0.29, 0.717) is 37.7 Å². The third-order valence-corrected chi connectivity index (χ3v) is 7.64. The van der Waals surface area contributed by atoms with Gasteiger partial charge in [0.1, 0.15) is 10.6 Å². The molecule has 34 heavy (non-hydrogen) atoms. The zero-order valence-corrected chi connectivity index (χ0v) is 20.7. The van der Waals surface area contributed by atoms with Crippen LogP contribution in [-0.2, 0) is 14.8 Å². The number of aromatic carboxylic acids is 1. The van der Waals surface area contributed by atoms with Crippen molar-refractivity contribution in [2.24, 2.45) is 0 Å². The summed E-state index contributed by atoms with van der Waals surface area (Å²) in [5.74, 6) is -0.539. The first-order chi connectivity index (χ1) is 16.4. The molecule has 1 aliphatic heterocycles. The van der Waals surface area contributed by atoms with Gasteiger partial charge in [-0.2, -0.15) is 4.31 Å². The van der Waals surface area contributed by atoms with Crippen LogP contribution >= 0.6 is 0 Å². The van der Waals surface area contributed by atoms with E-state index < -0.39 is 16.0 Å². The molecule has 0 bridgehead atoms. The average Bonchev–Trinajstić information content (AvgIpc) is 2.85. The van der Waals surface area contributed by atoms with Crippen molar-refractivity contribution in [3.8, 4) is 11.5 Å². The van der Waals surface area contributed by atoms with E-state index in [1.165, 1.54) is 16.4 Å². The van der Waals surface area contributed by atoms with Gasteiger partial charge in [-0.25, -0.2) is 13.2 Å². The Morgan fingerprint density at radius 2 is 1.68 bits per heavy atom. The van der Waals surface area contributed by atoms with E-state index >= 15 is 0 Å². The van der Waals surface area contributed by atoms with Gasteiger partial charge in [-0.05, 0) is 37.1 Å². The average molecular weight is 491 g/mol. The Balaban J connectivity index is 2.23. The van der Waals surface area contributed by atoms with E-state index in [1.54, 1.807) is 12.1 Å². The molecule has 186 valence electrons. The van der Waals surface area contributed by atoms with Gasteiger partial charge in [-0.1, -0.05) is 44.9 Å². The highest BCUT2D eigenvalue weighted by Gasteiger charge is 2.33. The number of unbranched alkanes of at least 4 members (excludes halogenated alkanes) is 2. The van der Waals surface area contributed by atoms with E-state index in [1.807, 2.05) is 18.2 Å². The highest BCUT2D eigenvalue weighted by molar-refractivity contribution is 7.89. The van der Waals surface area contributed by atoms with Crippen molar-refractivity contribution in [1.82, 2.24) is 4.31 Å². The second-order valence-corrected chi connectivity index (χ2v) is 10.2. The summed E-state index contributed by atoms with van der Waals surface area (Å²) in [5, 5.41) is 9.84. The number of anilines is 1. The summed E-state index contributed by atoms with van der Waals surface area (Å²) < 4.78 is 40.4. The molecule has 1 N–H and O–H groups in total. The number of carboxylic acid groups (broad SMARTS) is 1. The summed E-state index contributed by atoms with van der Waals surface area (Å²) in [6.45, 7) is 6.49. The van der Waals surface area contributed by atoms with Gasteiger partial charge in [0.2, 0.25) is 10.0 Å². The van der Waals surface area contributed by atoms with Crippen LogP contribution in [-0.4, -0.2) is 63.2 Å². The molecule has 3 rings (SSSR count). The van der Waals surface area contributed by atoms with Gasteiger partial charge in [-0.15, -0.1) is 0 Å². The molecule has 1 saturated heterocycles. The number of carbonyl (C=O) groups is 1. The molecule has 0 amide bonds. The van der Waals surface area contributed by atoms with E-state index in [-0.39, 0.29) is 29.3 Å². The monoisotopic (exact) mass is 490 g/mol. The highest BCUT2D eigenvalue weighted by atomic mass is 32.2. The van der Waals surface area contributed by atoms with Gasteiger partial charge in [0, 0.05) is 26.2 Å². The molecule has 0 aliphatic carbocycles. The first-order valence-corrected chi connectivity index (χ1v) is 13.3. The molecule has 1 fully saturated rings. The molecule has 1 heterocycles. The van der Waals surface area contributed by atoms with Crippen LogP contribution in [0, 0.1) is 0 Å². The molecular formula is C25H34N2O6S. The molecule has 1 aliphatic rings. The van der Waals surface area contributed by atoms with Crippen molar-refractivity contribution >= 4 is 21.7 Å². The summed E-state index contributed by atoms with van der Waals surface area (Å²) >= 11 is 0. The van der Waals surface area contributed by atoms with Crippen LogP contribution < -0.4 is 9.64 Å². The van der Waals surface area contributed by atoms with Gasteiger partial charge in [0.05, 0.1) is 24.5 Å². The molecule has 8 nitrogen and oxygen atoms in total. The third kappa shape index (κ3) is 6.28. The number of para-hydroxylation sites is 1. The van der Waals surface area contributed by atoms with Crippen LogP contribution in [0.1, 0.15) is 49.9 Å². The molecule has 9 heteroatoms. The normalized spacial score (nSPS) is 14.6. The Labute approximate surface area is 202 Å². The molecule has 0 aromatic heterocycles. The standard InChI is InChI=1S/C25H34N2O6S/c1-3-5-12-26(13-6-4-2)22-18-20(25(28)29)19-23(24(22)33-21-10-8-7-9-11-21)34(30,31)27-14-16-32-17-15-27/h7-11,18-19H,3-6,12-17H2,1-2H3,(H,28,29). The van der Waals surface area contributed by atoms with Crippen LogP contribution in [0.3, 0.4) is 0 Å². The fraction of sp³-hybridized carbons (Fsp3) is 0.480. The Morgan fingerprint density at radius 3 is 2.24 bits per heavy atom. The van der Waals surface area contributed by atoms with E-state index in [2.05, 4.69) is 18.7 Å².